The molecule has 7 nitrogen and oxygen atoms in total. The van der Waals surface area contributed by atoms with Crippen molar-refractivity contribution in [3.63, 3.8) is 0 Å². The lowest BCUT2D eigenvalue weighted by Gasteiger charge is -2.33. The van der Waals surface area contributed by atoms with Crippen LogP contribution in [-0.4, -0.2) is 48.8 Å². The van der Waals surface area contributed by atoms with E-state index < -0.39 is 10.0 Å². The first-order valence-corrected chi connectivity index (χ1v) is 10.2. The molecule has 1 fully saturated rings. The number of piperidine rings is 1. The maximum Gasteiger partial charge on any atom is 0.208 e. The van der Waals surface area contributed by atoms with E-state index in [0.29, 0.717) is 5.82 Å². The number of pyridine rings is 1. The predicted octanol–water partition coefficient (Wildman–Crippen LogP) is 1.67. The molecule has 1 saturated heterocycles. The standard InChI is InChI=1S/C17H23N5O2S/c1-12-13(2)19-16(15-6-4-5-9-18-15)20-17(12)22-10-7-14(8-11-22)21-25(3,23)24/h4-6,9,14,21H,7-8,10-11H2,1-3H3. The number of nitrogens with one attached hydrogen (secondary N) is 1. The second-order valence-electron chi connectivity index (χ2n) is 6.45. The van der Waals surface area contributed by atoms with E-state index >= 15 is 0 Å². The Hall–Kier alpha value is -2.06. The Morgan fingerprint density at radius 2 is 1.88 bits per heavy atom. The molecule has 1 aliphatic rings. The van der Waals surface area contributed by atoms with Crippen LogP contribution < -0.4 is 9.62 Å². The molecule has 134 valence electrons. The van der Waals surface area contributed by atoms with E-state index in [4.69, 9.17) is 4.98 Å². The highest BCUT2D eigenvalue weighted by Crippen LogP contribution is 2.26. The fraction of sp³-hybridized carbons (Fsp3) is 0.471. The topological polar surface area (TPSA) is 88.1 Å². The molecule has 0 aromatic carbocycles. The van der Waals surface area contributed by atoms with Crippen LogP contribution in [0.2, 0.25) is 0 Å². The molecule has 0 spiro atoms. The summed E-state index contributed by atoms with van der Waals surface area (Å²) in [7, 11) is -3.17. The number of hydrogen-bond acceptors (Lipinski definition) is 6. The first-order valence-electron chi connectivity index (χ1n) is 8.32. The first-order chi connectivity index (χ1) is 11.8. The third kappa shape index (κ3) is 4.32. The van der Waals surface area contributed by atoms with Crippen LogP contribution in [0.15, 0.2) is 24.4 Å². The van der Waals surface area contributed by atoms with Crippen molar-refractivity contribution < 1.29 is 8.42 Å². The molecule has 1 N–H and O–H groups in total. The molecule has 0 aliphatic carbocycles. The van der Waals surface area contributed by atoms with Gasteiger partial charge < -0.3 is 4.90 Å². The average Bonchev–Trinajstić information content (AvgIpc) is 2.57. The third-order valence-electron chi connectivity index (χ3n) is 4.43. The molecule has 0 amide bonds. The van der Waals surface area contributed by atoms with Gasteiger partial charge >= 0.3 is 0 Å². The summed E-state index contributed by atoms with van der Waals surface area (Å²) in [4.78, 5) is 15.9. The van der Waals surface area contributed by atoms with E-state index in [0.717, 1.165) is 48.7 Å². The maximum atomic E-state index is 11.4. The Labute approximate surface area is 148 Å². The van der Waals surface area contributed by atoms with Crippen molar-refractivity contribution in [2.24, 2.45) is 0 Å². The van der Waals surface area contributed by atoms with E-state index in [1.165, 1.54) is 6.26 Å². The number of aromatic nitrogens is 3. The van der Waals surface area contributed by atoms with Crippen molar-refractivity contribution in [1.82, 2.24) is 19.7 Å². The lowest BCUT2D eigenvalue weighted by Crippen LogP contribution is -2.44. The summed E-state index contributed by atoms with van der Waals surface area (Å²) in [5.74, 6) is 1.53. The molecule has 2 aromatic rings. The van der Waals surface area contributed by atoms with E-state index in [2.05, 4.69) is 19.6 Å². The molecule has 3 rings (SSSR count). The summed E-state index contributed by atoms with van der Waals surface area (Å²) in [6, 6.07) is 5.68. The van der Waals surface area contributed by atoms with Crippen LogP contribution in [0.4, 0.5) is 5.82 Å². The maximum absolute atomic E-state index is 11.4. The van der Waals surface area contributed by atoms with Gasteiger partial charge in [0, 0.05) is 36.6 Å². The number of rotatable bonds is 4. The van der Waals surface area contributed by atoms with Gasteiger partial charge in [-0.3, -0.25) is 4.98 Å². The zero-order valence-corrected chi connectivity index (χ0v) is 15.5. The summed E-state index contributed by atoms with van der Waals surface area (Å²) in [5, 5.41) is 0. The summed E-state index contributed by atoms with van der Waals surface area (Å²) < 4.78 is 25.5. The highest BCUT2D eigenvalue weighted by Gasteiger charge is 2.24. The van der Waals surface area contributed by atoms with Gasteiger partial charge in [0.1, 0.15) is 11.5 Å². The Morgan fingerprint density at radius 3 is 2.48 bits per heavy atom. The quantitative estimate of drug-likeness (QED) is 0.891. The lowest BCUT2D eigenvalue weighted by atomic mass is 10.1. The van der Waals surface area contributed by atoms with Gasteiger partial charge in [0.05, 0.1) is 6.26 Å². The van der Waals surface area contributed by atoms with Crippen molar-refractivity contribution in [1.29, 1.82) is 0 Å². The van der Waals surface area contributed by atoms with Crippen molar-refractivity contribution in [3.05, 3.63) is 35.7 Å². The second-order valence-corrected chi connectivity index (χ2v) is 8.23. The molecule has 0 bridgehead atoms. The van der Waals surface area contributed by atoms with Gasteiger partial charge in [-0.1, -0.05) is 6.07 Å². The van der Waals surface area contributed by atoms with E-state index in [1.807, 2.05) is 32.0 Å². The van der Waals surface area contributed by atoms with Crippen LogP contribution in [0, 0.1) is 13.8 Å². The van der Waals surface area contributed by atoms with Crippen molar-refractivity contribution in [3.8, 4) is 11.5 Å². The lowest BCUT2D eigenvalue weighted by molar-refractivity contribution is 0.459. The fourth-order valence-electron chi connectivity index (χ4n) is 3.04. The van der Waals surface area contributed by atoms with Gasteiger partial charge in [-0.2, -0.15) is 0 Å². The van der Waals surface area contributed by atoms with Crippen LogP contribution >= 0.6 is 0 Å². The minimum absolute atomic E-state index is 0.00949. The van der Waals surface area contributed by atoms with Crippen LogP contribution in [-0.2, 0) is 10.0 Å². The molecular weight excluding hydrogens is 338 g/mol. The first kappa shape index (κ1) is 17.8. The number of nitrogens with zero attached hydrogens (tertiary/aromatic N) is 4. The molecule has 0 atom stereocenters. The molecule has 0 unspecified atom stereocenters. The molecule has 1 aliphatic heterocycles. The van der Waals surface area contributed by atoms with Crippen molar-refractivity contribution in [2.45, 2.75) is 32.7 Å². The zero-order chi connectivity index (χ0) is 18.0. The Morgan fingerprint density at radius 1 is 1.16 bits per heavy atom. The summed E-state index contributed by atoms with van der Waals surface area (Å²) in [6.45, 7) is 5.51. The summed E-state index contributed by atoms with van der Waals surface area (Å²) >= 11 is 0. The molecular formula is C17H23N5O2S. The van der Waals surface area contributed by atoms with Crippen LogP contribution in [0.3, 0.4) is 0 Å². The van der Waals surface area contributed by atoms with Crippen molar-refractivity contribution in [2.75, 3.05) is 24.2 Å². The predicted molar refractivity (Wildman–Crippen MR) is 98.0 cm³/mol. The number of anilines is 1. The monoisotopic (exact) mass is 361 g/mol. The normalized spacial score (nSPS) is 16.2. The third-order valence-corrected chi connectivity index (χ3v) is 5.19. The van der Waals surface area contributed by atoms with Gasteiger partial charge in [0.15, 0.2) is 5.82 Å². The van der Waals surface area contributed by atoms with E-state index in [1.54, 1.807) is 6.20 Å². The molecule has 0 saturated carbocycles. The molecule has 2 aromatic heterocycles. The van der Waals surface area contributed by atoms with E-state index in [-0.39, 0.29) is 6.04 Å². The van der Waals surface area contributed by atoms with Gasteiger partial charge in [-0.05, 0) is 38.8 Å². The minimum Gasteiger partial charge on any atom is -0.356 e. The summed E-state index contributed by atoms with van der Waals surface area (Å²) in [5.41, 5.74) is 2.73. The smallest absolute Gasteiger partial charge is 0.208 e. The largest absolute Gasteiger partial charge is 0.356 e. The molecule has 3 heterocycles. The van der Waals surface area contributed by atoms with E-state index in [9.17, 15) is 8.42 Å². The molecule has 8 heteroatoms. The SMILES string of the molecule is Cc1nc(-c2ccccn2)nc(N2CCC(NS(C)(=O)=O)CC2)c1C. The Kier molecular flexibility index (Phi) is 5.01. The Bertz CT molecular complexity index is 847. The zero-order valence-electron chi connectivity index (χ0n) is 14.7. The van der Waals surface area contributed by atoms with Gasteiger partial charge in [-0.25, -0.2) is 23.1 Å². The average molecular weight is 361 g/mol. The van der Waals surface area contributed by atoms with Gasteiger partial charge in [0.25, 0.3) is 0 Å². The van der Waals surface area contributed by atoms with Gasteiger partial charge in [-0.15, -0.1) is 0 Å². The fourth-order valence-corrected chi connectivity index (χ4v) is 3.88. The number of sulfonamides is 1. The van der Waals surface area contributed by atoms with Gasteiger partial charge in [0.2, 0.25) is 10.0 Å². The number of hydrogen-bond donors (Lipinski definition) is 1. The molecule has 0 radical (unpaired) electrons. The van der Waals surface area contributed by atoms with Crippen LogP contribution in [0.25, 0.3) is 11.5 Å². The molecule has 25 heavy (non-hydrogen) atoms. The highest BCUT2D eigenvalue weighted by molar-refractivity contribution is 7.88. The minimum atomic E-state index is -3.17. The number of aryl methyl sites for hydroxylation is 1. The second kappa shape index (κ2) is 7.05. The summed E-state index contributed by atoms with van der Waals surface area (Å²) in [6.07, 6.45) is 4.45. The van der Waals surface area contributed by atoms with Crippen LogP contribution in [0.5, 0.6) is 0 Å². The van der Waals surface area contributed by atoms with Crippen LogP contribution in [0.1, 0.15) is 24.1 Å². The highest BCUT2D eigenvalue weighted by atomic mass is 32.2. The Balaban J connectivity index is 1.82. The van der Waals surface area contributed by atoms with Crippen molar-refractivity contribution >= 4 is 15.8 Å².